The van der Waals surface area contributed by atoms with Gasteiger partial charge in [0.05, 0.1) is 4.92 Å². The average molecular weight is 280 g/mol. The number of nitrogens with zero attached hydrogens (tertiary/aromatic N) is 2. The molecule has 0 aromatic carbocycles. The van der Waals surface area contributed by atoms with Gasteiger partial charge in [-0.05, 0) is 13.3 Å². The van der Waals surface area contributed by atoms with Gasteiger partial charge in [0.1, 0.15) is 17.6 Å². The van der Waals surface area contributed by atoms with Gasteiger partial charge in [-0.15, -0.1) is 0 Å². The summed E-state index contributed by atoms with van der Waals surface area (Å²) < 4.78 is 0. The number of aromatic nitrogens is 1. The van der Waals surface area contributed by atoms with E-state index in [1.807, 2.05) is 6.92 Å². The van der Waals surface area contributed by atoms with Crippen molar-refractivity contribution >= 4 is 17.4 Å². The summed E-state index contributed by atoms with van der Waals surface area (Å²) >= 11 is 0. The Balaban J connectivity index is 2.85. The van der Waals surface area contributed by atoms with Crippen LogP contribution in [0.25, 0.3) is 0 Å². The molecule has 0 fully saturated rings. The minimum absolute atomic E-state index is 0.0393. The second-order valence-electron chi connectivity index (χ2n) is 4.34. The molecule has 0 aliphatic carbocycles. The first-order chi connectivity index (χ1) is 9.60. The zero-order valence-electron chi connectivity index (χ0n) is 11.8. The maximum atomic E-state index is 12.0. The third kappa shape index (κ3) is 4.49. The van der Waals surface area contributed by atoms with Gasteiger partial charge in [-0.1, -0.05) is 19.8 Å². The van der Waals surface area contributed by atoms with Crippen LogP contribution in [-0.4, -0.2) is 28.9 Å². The fourth-order valence-electron chi connectivity index (χ4n) is 1.73. The summed E-state index contributed by atoms with van der Waals surface area (Å²) in [5.41, 5.74) is -0.239. The Kier molecular flexibility index (Phi) is 6.42. The van der Waals surface area contributed by atoms with E-state index in [4.69, 9.17) is 0 Å². The van der Waals surface area contributed by atoms with Crippen LogP contribution in [0.15, 0.2) is 12.3 Å². The molecule has 0 saturated carbocycles. The molecule has 1 aromatic rings. The Bertz CT molecular complexity index is 477. The highest BCUT2D eigenvalue weighted by Gasteiger charge is 2.21. The van der Waals surface area contributed by atoms with Crippen LogP contribution in [0, 0.1) is 10.1 Å². The van der Waals surface area contributed by atoms with Gasteiger partial charge in [-0.2, -0.15) is 0 Å². The molecule has 7 heteroatoms. The summed E-state index contributed by atoms with van der Waals surface area (Å²) in [7, 11) is 0. The lowest BCUT2D eigenvalue weighted by Gasteiger charge is -2.07. The lowest BCUT2D eigenvalue weighted by Crippen LogP contribution is -2.25. The standard InChI is InChI=1S/C13H20N4O3/c1-3-5-6-7-15-13(18)10-8-12(14-4-2)16-9-11(10)17(19)20/h8-9H,3-7H2,1-2H3,(H,14,16)(H,15,18). The normalized spacial score (nSPS) is 10.1. The third-order valence-corrected chi connectivity index (χ3v) is 2.75. The maximum Gasteiger partial charge on any atom is 0.300 e. The number of hydrogen-bond acceptors (Lipinski definition) is 5. The van der Waals surface area contributed by atoms with Crippen LogP contribution in [-0.2, 0) is 0 Å². The van der Waals surface area contributed by atoms with E-state index < -0.39 is 10.8 Å². The van der Waals surface area contributed by atoms with E-state index in [0.29, 0.717) is 18.9 Å². The van der Waals surface area contributed by atoms with E-state index in [9.17, 15) is 14.9 Å². The first kappa shape index (κ1) is 15.9. The molecule has 110 valence electrons. The van der Waals surface area contributed by atoms with Gasteiger partial charge in [0.2, 0.25) is 0 Å². The molecule has 0 bridgehead atoms. The molecule has 20 heavy (non-hydrogen) atoms. The molecule has 7 nitrogen and oxygen atoms in total. The molecule has 0 atom stereocenters. The number of unbranched alkanes of at least 4 members (excludes halogenated alkanes) is 2. The van der Waals surface area contributed by atoms with Crippen molar-refractivity contribution in [2.24, 2.45) is 0 Å². The molecular weight excluding hydrogens is 260 g/mol. The van der Waals surface area contributed by atoms with Gasteiger partial charge in [0.25, 0.3) is 11.6 Å². The van der Waals surface area contributed by atoms with E-state index in [1.54, 1.807) is 0 Å². The second kappa shape index (κ2) is 8.08. The number of rotatable bonds is 8. The lowest BCUT2D eigenvalue weighted by atomic mass is 10.2. The minimum atomic E-state index is -0.594. The number of carbonyl (C=O) groups excluding carboxylic acids is 1. The number of carbonyl (C=O) groups is 1. The number of anilines is 1. The van der Waals surface area contributed by atoms with Crippen LogP contribution in [0.1, 0.15) is 43.5 Å². The predicted molar refractivity (Wildman–Crippen MR) is 76.9 cm³/mol. The van der Waals surface area contributed by atoms with Gasteiger partial charge in [0, 0.05) is 19.2 Å². The van der Waals surface area contributed by atoms with E-state index in [0.717, 1.165) is 25.5 Å². The van der Waals surface area contributed by atoms with Gasteiger partial charge in [-0.3, -0.25) is 14.9 Å². The molecule has 0 spiro atoms. The molecule has 0 saturated heterocycles. The Morgan fingerprint density at radius 1 is 1.40 bits per heavy atom. The summed E-state index contributed by atoms with van der Waals surface area (Å²) in [6.07, 6.45) is 4.04. The van der Waals surface area contributed by atoms with Crippen LogP contribution >= 0.6 is 0 Å². The molecule has 2 N–H and O–H groups in total. The average Bonchev–Trinajstić information content (AvgIpc) is 2.43. The molecule has 1 aromatic heterocycles. The van der Waals surface area contributed by atoms with E-state index in [-0.39, 0.29) is 11.3 Å². The Morgan fingerprint density at radius 2 is 2.15 bits per heavy atom. The largest absolute Gasteiger partial charge is 0.370 e. The number of pyridine rings is 1. The molecule has 0 aliphatic heterocycles. The molecule has 1 rings (SSSR count). The molecule has 0 unspecified atom stereocenters. The van der Waals surface area contributed by atoms with Crippen molar-refractivity contribution in [3.05, 3.63) is 27.9 Å². The SMILES string of the molecule is CCCCCNC(=O)c1cc(NCC)ncc1[N+](=O)[O-]. The maximum absolute atomic E-state index is 12.0. The zero-order valence-corrected chi connectivity index (χ0v) is 11.8. The van der Waals surface area contributed by atoms with Gasteiger partial charge in [0.15, 0.2) is 0 Å². The van der Waals surface area contributed by atoms with Crippen LogP contribution in [0.4, 0.5) is 11.5 Å². The quantitative estimate of drug-likeness (QED) is 0.433. The van der Waals surface area contributed by atoms with E-state index >= 15 is 0 Å². The summed E-state index contributed by atoms with van der Waals surface area (Å²) in [6, 6.07) is 1.41. The van der Waals surface area contributed by atoms with Gasteiger partial charge in [-0.25, -0.2) is 4.98 Å². The molecule has 0 radical (unpaired) electrons. The second-order valence-corrected chi connectivity index (χ2v) is 4.34. The molecule has 1 amide bonds. The highest BCUT2D eigenvalue weighted by Crippen LogP contribution is 2.20. The van der Waals surface area contributed by atoms with Crippen molar-refractivity contribution in [2.75, 3.05) is 18.4 Å². The molecule has 0 aliphatic rings. The van der Waals surface area contributed by atoms with Crippen molar-refractivity contribution in [3.8, 4) is 0 Å². The Labute approximate surface area is 117 Å². The van der Waals surface area contributed by atoms with Crippen LogP contribution in [0.3, 0.4) is 0 Å². The van der Waals surface area contributed by atoms with Crippen molar-refractivity contribution in [1.82, 2.24) is 10.3 Å². The lowest BCUT2D eigenvalue weighted by molar-refractivity contribution is -0.385. The third-order valence-electron chi connectivity index (χ3n) is 2.75. The summed E-state index contributed by atoms with van der Waals surface area (Å²) in [5.74, 6) is 0.0196. The summed E-state index contributed by atoms with van der Waals surface area (Å²) in [6.45, 7) is 5.09. The number of hydrogen-bond donors (Lipinski definition) is 2. The van der Waals surface area contributed by atoms with Crippen LogP contribution in [0.5, 0.6) is 0 Å². The van der Waals surface area contributed by atoms with E-state index in [2.05, 4.69) is 22.5 Å². The zero-order chi connectivity index (χ0) is 15.0. The van der Waals surface area contributed by atoms with Crippen molar-refractivity contribution in [1.29, 1.82) is 0 Å². The van der Waals surface area contributed by atoms with Crippen LogP contribution < -0.4 is 10.6 Å². The number of nitro groups is 1. The van der Waals surface area contributed by atoms with Crippen LogP contribution in [0.2, 0.25) is 0 Å². The fourth-order valence-corrected chi connectivity index (χ4v) is 1.73. The number of amides is 1. The predicted octanol–water partition coefficient (Wildman–Crippen LogP) is 2.34. The summed E-state index contributed by atoms with van der Waals surface area (Å²) in [5, 5.41) is 16.6. The smallest absolute Gasteiger partial charge is 0.300 e. The highest BCUT2D eigenvalue weighted by atomic mass is 16.6. The van der Waals surface area contributed by atoms with E-state index in [1.165, 1.54) is 6.07 Å². The summed E-state index contributed by atoms with van der Waals surface area (Å²) in [4.78, 5) is 26.3. The van der Waals surface area contributed by atoms with Crippen molar-refractivity contribution < 1.29 is 9.72 Å². The Hall–Kier alpha value is -2.18. The molecule has 1 heterocycles. The van der Waals surface area contributed by atoms with Gasteiger partial charge >= 0.3 is 0 Å². The fraction of sp³-hybridized carbons (Fsp3) is 0.538. The van der Waals surface area contributed by atoms with Crippen molar-refractivity contribution in [3.63, 3.8) is 0 Å². The first-order valence-electron chi connectivity index (χ1n) is 6.76. The molecular formula is C13H20N4O3. The van der Waals surface area contributed by atoms with Crippen molar-refractivity contribution in [2.45, 2.75) is 33.1 Å². The highest BCUT2D eigenvalue weighted by molar-refractivity contribution is 5.98. The number of nitrogens with one attached hydrogen (secondary N) is 2. The van der Waals surface area contributed by atoms with Gasteiger partial charge < -0.3 is 10.6 Å². The topological polar surface area (TPSA) is 97.2 Å². The monoisotopic (exact) mass is 280 g/mol. The Morgan fingerprint density at radius 3 is 2.75 bits per heavy atom. The first-order valence-corrected chi connectivity index (χ1v) is 6.76. The minimum Gasteiger partial charge on any atom is -0.370 e.